The Hall–Kier alpha value is -0.377. The molecule has 1 unspecified atom stereocenters. The Morgan fingerprint density at radius 2 is 1.68 bits per heavy atom. The number of piperidine rings is 1. The van der Waals surface area contributed by atoms with Crippen molar-refractivity contribution in [3.05, 3.63) is 24.3 Å². The molecule has 0 radical (unpaired) electrons. The van der Waals surface area contributed by atoms with Gasteiger partial charge in [-0.3, -0.25) is 14.5 Å². The van der Waals surface area contributed by atoms with Crippen LogP contribution < -0.4 is 9.80 Å². The second kappa shape index (κ2) is 9.62. The van der Waals surface area contributed by atoms with E-state index >= 15 is 0 Å². The molecule has 5 nitrogen and oxygen atoms in total. The molecule has 0 N–H and O–H groups in total. The number of carbonyl (C=O) groups excluding carboxylic acids is 2. The van der Waals surface area contributed by atoms with Gasteiger partial charge in [-0.2, -0.15) is 0 Å². The third-order valence-electron chi connectivity index (χ3n) is 5.77. The van der Waals surface area contributed by atoms with Gasteiger partial charge < -0.3 is 0 Å². The fraction of sp³-hybridized carbons (Fsp3) is 0.619. The molecule has 2 aliphatic heterocycles. The van der Waals surface area contributed by atoms with E-state index in [-0.39, 0.29) is 11.8 Å². The molecule has 1 atom stereocenters. The zero-order valence-electron chi connectivity index (χ0n) is 17.1. The van der Waals surface area contributed by atoms with Gasteiger partial charge in [-0.05, 0) is 6.42 Å². The summed E-state index contributed by atoms with van der Waals surface area (Å²) in [4.78, 5) is 27.8. The molecule has 2 fully saturated rings. The molecule has 2 aliphatic rings. The van der Waals surface area contributed by atoms with Crippen LogP contribution >= 0.6 is 0 Å². The number of hydrogen-bond acceptors (Lipinski definition) is 4. The monoisotopic (exact) mass is 546 g/mol. The maximum atomic E-state index is 12.1. The Kier molecular flexibility index (Phi) is 7.67. The summed E-state index contributed by atoms with van der Waals surface area (Å²) in [5.41, 5.74) is 1.85. The summed E-state index contributed by atoms with van der Waals surface area (Å²) in [7, 11) is -1.55. The summed E-state index contributed by atoms with van der Waals surface area (Å²) < 4.78 is 6.98. The Bertz CT molecular complexity index is 688. The van der Waals surface area contributed by atoms with Crippen molar-refractivity contribution in [3.63, 3.8) is 0 Å². The van der Waals surface area contributed by atoms with Crippen LogP contribution in [0.15, 0.2) is 24.3 Å². The number of carbonyl (C=O) groups is 2. The average Bonchev–Trinajstić information content (AvgIpc) is 2.63. The molecule has 7 heteroatoms. The van der Waals surface area contributed by atoms with Crippen LogP contribution in [0.1, 0.15) is 39.0 Å². The molecule has 2 amide bonds. The Morgan fingerprint density at radius 1 is 1.11 bits per heavy atom. The summed E-state index contributed by atoms with van der Waals surface area (Å²) in [6, 6.07) is 7.84. The average molecular weight is 547 g/mol. The molecular formula is C21H31N2O3SiTb. The van der Waals surface area contributed by atoms with Gasteiger partial charge in [-0.1, -0.05) is 0 Å². The van der Waals surface area contributed by atoms with Gasteiger partial charge >= 0.3 is 150 Å². The van der Waals surface area contributed by atoms with Crippen LogP contribution in [0.3, 0.4) is 0 Å². The maximum absolute atomic E-state index is 12.1. The predicted octanol–water partition coefficient (Wildman–Crippen LogP) is 4.07. The van der Waals surface area contributed by atoms with E-state index in [9.17, 15) is 9.59 Å². The first-order chi connectivity index (χ1) is 13.3. The number of amides is 2. The summed E-state index contributed by atoms with van der Waals surface area (Å²) in [6.07, 6.45) is 3.90. The minimum absolute atomic E-state index is 0.0862. The summed E-state index contributed by atoms with van der Waals surface area (Å²) in [6.45, 7) is 9.88. The van der Waals surface area contributed by atoms with Crippen LogP contribution in [0, 0.1) is 42.5 Å². The van der Waals surface area contributed by atoms with E-state index in [1.54, 1.807) is 0 Å². The normalized spacial score (nSPS) is 19.8. The Balaban J connectivity index is 1.46. The van der Waals surface area contributed by atoms with Crippen LogP contribution in [-0.2, 0) is 14.0 Å². The van der Waals surface area contributed by atoms with Gasteiger partial charge in [0.15, 0.2) is 0 Å². The third-order valence-corrected chi connectivity index (χ3v) is 13.9. The quantitative estimate of drug-likeness (QED) is 0.365. The third kappa shape index (κ3) is 5.21. The molecule has 2 saturated heterocycles. The van der Waals surface area contributed by atoms with Crippen molar-refractivity contribution in [1.82, 2.24) is 0 Å². The van der Waals surface area contributed by atoms with Crippen LogP contribution in [0.5, 0.6) is 0 Å². The molecule has 0 spiro atoms. The van der Waals surface area contributed by atoms with Crippen molar-refractivity contribution in [2.24, 2.45) is 5.92 Å². The van der Waals surface area contributed by atoms with E-state index < -0.39 is 8.32 Å². The first-order valence-corrected chi connectivity index (χ1v) is 14.5. The van der Waals surface area contributed by atoms with Crippen molar-refractivity contribution in [1.29, 1.82) is 0 Å². The predicted molar refractivity (Wildman–Crippen MR) is 111 cm³/mol. The number of nitrogens with zero attached hydrogens (tertiary/aromatic N) is 2. The standard InChI is InChI=1S/C21H31N2O3Si.Tb/c1-4-14-27(2,3)26-13-12-17-15-22(16-17)18-8-10-19(11-9-18)23-20(24)6-5-7-21(23)25;/h8-11,14,17H,4-7,12-13,15-16H2,1-3H3;. The van der Waals surface area contributed by atoms with Gasteiger partial charge in [-0.25, -0.2) is 0 Å². The van der Waals surface area contributed by atoms with E-state index in [1.807, 2.05) is 24.3 Å². The molecule has 1 aromatic carbocycles. The van der Waals surface area contributed by atoms with E-state index in [0.717, 1.165) is 31.8 Å². The first kappa shape index (κ1) is 22.3. The van der Waals surface area contributed by atoms with E-state index in [1.165, 1.54) is 11.3 Å². The van der Waals surface area contributed by atoms with Crippen molar-refractivity contribution < 1.29 is 50.6 Å². The number of rotatable bonds is 8. The summed E-state index contributed by atoms with van der Waals surface area (Å²) >= 11 is 2.31. The SMILES string of the molecule is CC[CH]([Tb])[Si](C)(C)OCCC1CN(c2ccc(N3C(=O)CCCC3=O)cc2)C1. The molecule has 1 aromatic rings. The Morgan fingerprint density at radius 3 is 2.25 bits per heavy atom. The molecular weight excluding hydrogens is 515 g/mol. The number of benzene rings is 1. The Labute approximate surface area is 194 Å². The van der Waals surface area contributed by atoms with E-state index in [0.29, 0.717) is 32.4 Å². The summed E-state index contributed by atoms with van der Waals surface area (Å²) in [5.74, 6) is 0.514. The number of anilines is 2. The van der Waals surface area contributed by atoms with Crippen molar-refractivity contribution in [2.75, 3.05) is 29.5 Å². The molecule has 28 heavy (non-hydrogen) atoms. The molecule has 3 rings (SSSR count). The number of imide groups is 1. The van der Waals surface area contributed by atoms with E-state index in [2.05, 4.69) is 61.5 Å². The number of hydrogen-bond donors (Lipinski definition) is 0. The molecule has 0 bridgehead atoms. The zero-order valence-corrected chi connectivity index (χ0v) is 20.2. The van der Waals surface area contributed by atoms with Gasteiger partial charge in [0.1, 0.15) is 0 Å². The van der Waals surface area contributed by atoms with E-state index in [4.69, 9.17) is 4.43 Å². The molecule has 156 valence electrons. The van der Waals surface area contributed by atoms with Gasteiger partial charge in [0.25, 0.3) is 0 Å². The van der Waals surface area contributed by atoms with Crippen LogP contribution in [0.4, 0.5) is 11.4 Å². The van der Waals surface area contributed by atoms with Gasteiger partial charge in [-0.15, -0.1) is 0 Å². The van der Waals surface area contributed by atoms with Crippen LogP contribution in [0.25, 0.3) is 0 Å². The van der Waals surface area contributed by atoms with Gasteiger partial charge in [0, 0.05) is 12.8 Å². The molecule has 0 aliphatic carbocycles. The molecule has 0 saturated carbocycles. The van der Waals surface area contributed by atoms with Gasteiger partial charge in [0.2, 0.25) is 11.8 Å². The zero-order chi connectivity index (χ0) is 20.3. The second-order valence-electron chi connectivity index (χ2n) is 8.35. The van der Waals surface area contributed by atoms with Crippen LogP contribution in [0.2, 0.25) is 14.6 Å². The van der Waals surface area contributed by atoms with Gasteiger partial charge in [0.05, 0.1) is 0 Å². The topological polar surface area (TPSA) is 49.9 Å². The van der Waals surface area contributed by atoms with Crippen molar-refractivity contribution in [2.45, 2.75) is 53.6 Å². The van der Waals surface area contributed by atoms with Crippen LogP contribution in [-0.4, -0.2) is 39.8 Å². The van der Waals surface area contributed by atoms with Crippen molar-refractivity contribution in [3.8, 4) is 0 Å². The second-order valence-corrected chi connectivity index (χ2v) is 15.2. The van der Waals surface area contributed by atoms with Crippen molar-refractivity contribution >= 4 is 31.5 Å². The first-order valence-electron chi connectivity index (χ1n) is 10.3. The summed E-state index contributed by atoms with van der Waals surface area (Å²) in [5, 5.41) is 0. The molecule has 0 aromatic heterocycles. The minimum atomic E-state index is -1.55. The fourth-order valence-electron chi connectivity index (χ4n) is 3.88. The fourth-order valence-corrected chi connectivity index (χ4v) is 6.22. The molecule has 2 heterocycles.